The SMILES string of the molecule is CC.CC.Cc1ccccc1P(c1ccccc1C)c1ccccc1S(=O)(=O)[O-].[CH3-].[Y]. The standard InChI is InChI=1S/C20H19O3PS.2C2H6.CH3.Y/c1-15-9-3-5-11-17(15)24(18-12-6-4-10-16(18)2)19-13-7-8-14-20(19)25(21,22)23;2*1-2;;/h3-14H,1-2H3,(H,21,22,23);2*1-2H3;1H3;/q;;;-1;/p-1. The Morgan fingerprint density at radius 1 is 0.645 bits per heavy atom. The summed E-state index contributed by atoms with van der Waals surface area (Å²) in [6.45, 7) is 12.0. The van der Waals surface area contributed by atoms with E-state index >= 15 is 0 Å². The molecular formula is C25H33O3PSY-2. The molecule has 0 aliphatic carbocycles. The van der Waals surface area contributed by atoms with Crippen molar-refractivity contribution in [3.63, 3.8) is 0 Å². The van der Waals surface area contributed by atoms with Gasteiger partial charge >= 0.3 is 0 Å². The second-order valence-electron chi connectivity index (χ2n) is 5.83. The molecule has 0 atom stereocenters. The molecule has 167 valence electrons. The van der Waals surface area contributed by atoms with Crippen LogP contribution in [0.5, 0.6) is 0 Å². The van der Waals surface area contributed by atoms with Crippen molar-refractivity contribution in [3.8, 4) is 0 Å². The van der Waals surface area contributed by atoms with Crippen LogP contribution in [0.2, 0.25) is 0 Å². The molecule has 0 fully saturated rings. The molecule has 0 saturated heterocycles. The van der Waals surface area contributed by atoms with E-state index in [2.05, 4.69) is 0 Å². The summed E-state index contributed by atoms with van der Waals surface area (Å²) >= 11 is 0. The Kier molecular flexibility index (Phi) is 16.5. The van der Waals surface area contributed by atoms with Crippen LogP contribution in [0.25, 0.3) is 0 Å². The zero-order valence-electron chi connectivity index (χ0n) is 19.6. The Morgan fingerprint density at radius 3 is 1.32 bits per heavy atom. The van der Waals surface area contributed by atoms with Crippen LogP contribution >= 0.6 is 7.92 Å². The van der Waals surface area contributed by atoms with Gasteiger partial charge in [0.05, 0.1) is 4.90 Å². The summed E-state index contributed by atoms with van der Waals surface area (Å²) < 4.78 is 35.5. The molecule has 0 saturated carbocycles. The summed E-state index contributed by atoms with van der Waals surface area (Å²) in [5.74, 6) is 0. The summed E-state index contributed by atoms with van der Waals surface area (Å²) in [6.07, 6.45) is 0. The third-order valence-corrected chi connectivity index (χ3v) is 7.97. The Morgan fingerprint density at radius 2 is 0.968 bits per heavy atom. The maximum Gasteiger partial charge on any atom is 0.125 e. The van der Waals surface area contributed by atoms with Gasteiger partial charge in [0.25, 0.3) is 0 Å². The van der Waals surface area contributed by atoms with Gasteiger partial charge in [-0.05, 0) is 49.6 Å². The summed E-state index contributed by atoms with van der Waals surface area (Å²) in [6, 6.07) is 22.4. The largest absolute Gasteiger partial charge is 0.744 e. The molecule has 0 aliphatic rings. The molecule has 0 spiro atoms. The molecule has 0 aliphatic heterocycles. The Labute approximate surface area is 216 Å². The fraction of sp³-hybridized carbons (Fsp3) is 0.240. The van der Waals surface area contributed by atoms with Gasteiger partial charge in [0.2, 0.25) is 0 Å². The van der Waals surface area contributed by atoms with E-state index in [1.54, 1.807) is 18.2 Å². The zero-order valence-corrected chi connectivity index (χ0v) is 24.1. The second kappa shape index (κ2) is 15.8. The first-order valence-electron chi connectivity index (χ1n) is 9.86. The third kappa shape index (κ3) is 8.52. The Balaban J connectivity index is 0. The summed E-state index contributed by atoms with van der Waals surface area (Å²) in [7, 11) is -5.71. The maximum absolute atomic E-state index is 11.8. The molecule has 3 aromatic carbocycles. The van der Waals surface area contributed by atoms with Crippen LogP contribution in [-0.2, 0) is 42.8 Å². The van der Waals surface area contributed by atoms with Crippen LogP contribution in [0.4, 0.5) is 0 Å². The van der Waals surface area contributed by atoms with Crippen molar-refractivity contribution >= 4 is 34.0 Å². The minimum Gasteiger partial charge on any atom is -0.744 e. The van der Waals surface area contributed by atoms with Gasteiger partial charge in [-0.25, -0.2) is 8.42 Å². The van der Waals surface area contributed by atoms with E-state index < -0.39 is 18.0 Å². The fourth-order valence-electron chi connectivity index (χ4n) is 2.87. The number of rotatable bonds is 4. The van der Waals surface area contributed by atoms with E-state index in [9.17, 15) is 13.0 Å². The molecule has 0 bridgehead atoms. The number of aryl methyl sites for hydroxylation is 2. The van der Waals surface area contributed by atoms with E-state index in [-0.39, 0.29) is 45.0 Å². The molecule has 3 nitrogen and oxygen atoms in total. The van der Waals surface area contributed by atoms with Crippen LogP contribution in [0.3, 0.4) is 0 Å². The molecule has 0 amide bonds. The van der Waals surface area contributed by atoms with Crippen molar-refractivity contribution in [1.29, 1.82) is 0 Å². The molecule has 3 aromatic rings. The average Bonchev–Trinajstić information content (AvgIpc) is 2.73. The van der Waals surface area contributed by atoms with E-state index in [1.165, 1.54) is 6.07 Å². The van der Waals surface area contributed by atoms with Crippen LogP contribution in [0.15, 0.2) is 77.7 Å². The first-order chi connectivity index (χ1) is 13.9. The summed E-state index contributed by atoms with van der Waals surface area (Å²) in [5.41, 5.74) is 2.16. The molecule has 0 N–H and O–H groups in total. The summed E-state index contributed by atoms with van der Waals surface area (Å²) in [5, 5.41) is 2.70. The van der Waals surface area contributed by atoms with Crippen molar-refractivity contribution in [2.75, 3.05) is 0 Å². The quantitative estimate of drug-likeness (QED) is 0.254. The Bertz CT molecular complexity index is 975. The van der Waals surface area contributed by atoms with Gasteiger partial charge in [0, 0.05) is 38.0 Å². The molecule has 0 aromatic heterocycles. The van der Waals surface area contributed by atoms with Crippen molar-refractivity contribution in [3.05, 3.63) is 91.3 Å². The maximum atomic E-state index is 11.8. The fourth-order valence-corrected chi connectivity index (χ4v) is 6.68. The number of benzene rings is 3. The molecule has 6 heteroatoms. The molecule has 0 heterocycles. The minimum absolute atomic E-state index is 0. The van der Waals surface area contributed by atoms with Crippen LogP contribution < -0.4 is 15.9 Å². The van der Waals surface area contributed by atoms with Crippen LogP contribution in [0.1, 0.15) is 38.8 Å². The molecular weight excluding hydrogens is 500 g/mol. The van der Waals surface area contributed by atoms with Crippen molar-refractivity contribution in [1.82, 2.24) is 0 Å². The first-order valence-corrected chi connectivity index (χ1v) is 12.6. The van der Waals surface area contributed by atoms with Crippen LogP contribution in [-0.4, -0.2) is 13.0 Å². The first kappa shape index (κ1) is 32.3. The van der Waals surface area contributed by atoms with Gasteiger partial charge in [-0.3, -0.25) is 0 Å². The molecule has 1 radical (unpaired) electrons. The van der Waals surface area contributed by atoms with Gasteiger partial charge in [-0.15, -0.1) is 0 Å². The average molecular weight is 533 g/mol. The number of hydrogen-bond donors (Lipinski definition) is 0. The molecule has 31 heavy (non-hydrogen) atoms. The third-order valence-electron chi connectivity index (χ3n) is 4.09. The monoisotopic (exact) mass is 533 g/mol. The molecule has 0 unspecified atom stereocenters. The van der Waals surface area contributed by atoms with Crippen LogP contribution in [0, 0.1) is 21.3 Å². The van der Waals surface area contributed by atoms with Gasteiger partial charge in [0.1, 0.15) is 10.1 Å². The predicted octanol–water partition coefficient (Wildman–Crippen LogP) is 5.47. The normalized spacial score (nSPS) is 9.81. The smallest absolute Gasteiger partial charge is 0.125 e. The van der Waals surface area contributed by atoms with E-state index in [0.29, 0.717) is 5.30 Å². The van der Waals surface area contributed by atoms with Gasteiger partial charge in [0.15, 0.2) is 0 Å². The van der Waals surface area contributed by atoms with E-state index in [1.807, 2.05) is 90.1 Å². The summed E-state index contributed by atoms with van der Waals surface area (Å²) in [4.78, 5) is -0.132. The van der Waals surface area contributed by atoms with Crippen molar-refractivity contribution in [2.45, 2.75) is 46.4 Å². The predicted molar refractivity (Wildman–Crippen MR) is 132 cm³/mol. The van der Waals surface area contributed by atoms with Gasteiger partial charge in [-0.2, -0.15) is 0 Å². The van der Waals surface area contributed by atoms with Gasteiger partial charge in [-0.1, -0.05) is 94.4 Å². The number of hydrogen-bond acceptors (Lipinski definition) is 3. The second-order valence-corrected chi connectivity index (χ2v) is 9.29. The zero-order chi connectivity index (χ0) is 22.0. The van der Waals surface area contributed by atoms with Crippen molar-refractivity contribution < 1.29 is 45.7 Å². The van der Waals surface area contributed by atoms with E-state index in [4.69, 9.17) is 0 Å². The Hall–Kier alpha value is -0.896. The van der Waals surface area contributed by atoms with E-state index in [0.717, 1.165) is 21.7 Å². The van der Waals surface area contributed by atoms with Crippen molar-refractivity contribution in [2.24, 2.45) is 0 Å². The molecule has 3 rings (SSSR count). The van der Waals surface area contributed by atoms with Gasteiger partial charge < -0.3 is 12.0 Å². The topological polar surface area (TPSA) is 57.2 Å². The minimum atomic E-state index is -4.55.